The van der Waals surface area contributed by atoms with Crippen molar-refractivity contribution in [2.24, 2.45) is 4.99 Å². The first-order valence-corrected chi connectivity index (χ1v) is 15.7. The number of thioether (sulfide) groups is 1. The average Bonchev–Trinajstić information content (AvgIpc) is 2.67. The van der Waals surface area contributed by atoms with Crippen LogP contribution in [0.2, 0.25) is 25.7 Å². The molecule has 1 aliphatic heterocycles. The van der Waals surface area contributed by atoms with E-state index in [-0.39, 0.29) is 17.5 Å². The minimum Gasteiger partial charge on any atom is -0.443 e. The molecule has 0 saturated carbocycles. The van der Waals surface area contributed by atoms with Crippen molar-refractivity contribution in [3.05, 3.63) is 45.5 Å². The summed E-state index contributed by atoms with van der Waals surface area (Å²) in [6.07, 6.45) is 0.847. The third-order valence-electron chi connectivity index (χ3n) is 4.47. The van der Waals surface area contributed by atoms with Gasteiger partial charge in [-0.2, -0.15) is 0 Å². The number of amides is 1. The van der Waals surface area contributed by atoms with E-state index < -0.39 is 37.8 Å². The quantitative estimate of drug-likeness (QED) is 0.211. The fourth-order valence-electron chi connectivity index (χ4n) is 2.73. The summed E-state index contributed by atoms with van der Waals surface area (Å²) in [7, 11) is -1.32. The highest BCUT2D eigenvalue weighted by atomic mass is 79.9. The van der Waals surface area contributed by atoms with Crippen molar-refractivity contribution >= 4 is 47.0 Å². The first kappa shape index (κ1) is 27.0. The number of ether oxygens (including phenoxy) is 2. The molecule has 5 nitrogen and oxygen atoms in total. The van der Waals surface area contributed by atoms with Crippen LogP contribution in [0.3, 0.4) is 0 Å². The molecule has 1 unspecified atom stereocenters. The third-order valence-corrected chi connectivity index (χ3v) is 7.46. The van der Waals surface area contributed by atoms with Gasteiger partial charge in [0.1, 0.15) is 30.4 Å². The van der Waals surface area contributed by atoms with Crippen LogP contribution in [0.4, 0.5) is 13.6 Å². The molecule has 1 aliphatic rings. The van der Waals surface area contributed by atoms with E-state index in [0.717, 1.165) is 17.8 Å². The average molecular weight is 550 g/mol. The maximum absolute atomic E-state index is 14.6. The van der Waals surface area contributed by atoms with Crippen LogP contribution in [0.1, 0.15) is 26.3 Å². The summed E-state index contributed by atoms with van der Waals surface area (Å²) in [6.45, 7) is 11.4. The Bertz CT molecular complexity index is 887. The molecule has 0 N–H and O–H groups in total. The Balaban J connectivity index is 2.38. The van der Waals surface area contributed by atoms with Gasteiger partial charge in [-0.25, -0.2) is 23.5 Å². The van der Waals surface area contributed by atoms with Gasteiger partial charge in [-0.15, -0.1) is 0 Å². The normalized spacial score (nSPS) is 19.0. The van der Waals surface area contributed by atoms with Crippen molar-refractivity contribution in [3.8, 4) is 0 Å². The predicted octanol–water partition coefficient (Wildman–Crippen LogP) is 6.92. The number of hydrogen-bond donors (Lipinski definition) is 0. The fourth-order valence-corrected chi connectivity index (χ4v) is 4.73. The largest absolute Gasteiger partial charge is 0.443 e. The molecule has 0 fully saturated rings. The van der Waals surface area contributed by atoms with E-state index in [4.69, 9.17) is 9.47 Å². The molecule has 1 atom stereocenters. The zero-order chi connectivity index (χ0) is 24.2. The van der Waals surface area contributed by atoms with Crippen LogP contribution < -0.4 is 0 Å². The van der Waals surface area contributed by atoms with Gasteiger partial charge in [0.2, 0.25) is 0 Å². The van der Waals surface area contributed by atoms with Gasteiger partial charge >= 0.3 is 6.09 Å². The van der Waals surface area contributed by atoms with Crippen LogP contribution >= 0.6 is 27.7 Å². The number of aliphatic imine (C=N–C) groups is 1. The van der Waals surface area contributed by atoms with Gasteiger partial charge in [-0.05, 0) is 56.5 Å². The standard InChI is InChI=1S/C22H31BrF2N2O3SSi/c1-21(2,3)30-20(28)27(15-29-10-12-32(4,5)6)19-26-22(14-24,9-11-31-19)17-13-16(23)7-8-18(17)25/h7-9,11,13H,10,12,14-15H2,1-6H3. The van der Waals surface area contributed by atoms with Gasteiger partial charge in [0.15, 0.2) is 5.17 Å². The minimum absolute atomic E-state index is 0.0761. The number of alkyl halides is 1. The molecule has 1 aromatic carbocycles. The Labute approximate surface area is 202 Å². The number of benzene rings is 1. The molecule has 0 radical (unpaired) electrons. The van der Waals surface area contributed by atoms with Gasteiger partial charge in [0.05, 0.1) is 0 Å². The van der Waals surface area contributed by atoms with Crippen molar-refractivity contribution in [3.63, 3.8) is 0 Å². The van der Waals surface area contributed by atoms with Crippen molar-refractivity contribution < 1.29 is 23.0 Å². The molecular formula is C22H31BrF2N2O3SSi. The van der Waals surface area contributed by atoms with E-state index in [9.17, 15) is 13.6 Å². The molecule has 0 aliphatic carbocycles. The van der Waals surface area contributed by atoms with Crippen LogP contribution in [0, 0.1) is 5.82 Å². The van der Waals surface area contributed by atoms with E-state index in [1.807, 2.05) is 0 Å². The lowest BCUT2D eigenvalue weighted by Gasteiger charge is -2.33. The first-order chi connectivity index (χ1) is 14.8. The highest BCUT2D eigenvalue weighted by Gasteiger charge is 2.38. The smallest absolute Gasteiger partial charge is 0.418 e. The third kappa shape index (κ3) is 7.67. The number of halogens is 3. The van der Waals surface area contributed by atoms with E-state index in [1.54, 1.807) is 26.2 Å². The number of carbonyl (C=O) groups excluding carboxylic acids is 1. The second kappa shape index (κ2) is 10.8. The summed E-state index contributed by atoms with van der Waals surface area (Å²) in [6, 6.07) is 5.22. The van der Waals surface area contributed by atoms with Crippen molar-refractivity contribution in [2.75, 3.05) is 20.0 Å². The Kier molecular flexibility index (Phi) is 9.11. The zero-order valence-electron chi connectivity index (χ0n) is 19.4. The van der Waals surface area contributed by atoms with Crippen LogP contribution in [0.5, 0.6) is 0 Å². The molecule has 0 aromatic heterocycles. The maximum Gasteiger partial charge on any atom is 0.418 e. The molecule has 10 heteroatoms. The summed E-state index contributed by atoms with van der Waals surface area (Å²) in [4.78, 5) is 18.7. The lowest BCUT2D eigenvalue weighted by Crippen LogP contribution is -2.43. The number of carbonyl (C=O) groups is 1. The van der Waals surface area contributed by atoms with Gasteiger partial charge in [-0.1, -0.05) is 47.3 Å². The Morgan fingerprint density at radius 1 is 1.31 bits per heavy atom. The fraction of sp³-hybridized carbons (Fsp3) is 0.545. The molecular weight excluding hydrogens is 518 g/mol. The summed E-state index contributed by atoms with van der Waals surface area (Å²) in [5, 5.41) is 1.80. The number of amidine groups is 1. The lowest BCUT2D eigenvalue weighted by molar-refractivity contribution is 0.0111. The van der Waals surface area contributed by atoms with Crippen LogP contribution in [0.25, 0.3) is 0 Å². The second-order valence-corrected chi connectivity index (χ2v) is 17.2. The van der Waals surface area contributed by atoms with Crippen molar-refractivity contribution in [1.82, 2.24) is 4.90 Å². The highest BCUT2D eigenvalue weighted by molar-refractivity contribution is 9.10. The van der Waals surface area contributed by atoms with Gasteiger partial charge < -0.3 is 9.47 Å². The molecule has 178 valence electrons. The van der Waals surface area contributed by atoms with Crippen molar-refractivity contribution in [1.29, 1.82) is 0 Å². The molecule has 32 heavy (non-hydrogen) atoms. The highest BCUT2D eigenvalue weighted by Crippen LogP contribution is 2.38. The summed E-state index contributed by atoms with van der Waals surface area (Å²) in [5.74, 6) is -0.583. The number of rotatable bonds is 7. The molecule has 0 saturated heterocycles. The molecule has 0 spiro atoms. The molecule has 1 heterocycles. The van der Waals surface area contributed by atoms with Crippen LogP contribution in [-0.2, 0) is 15.0 Å². The van der Waals surface area contributed by atoms with E-state index in [1.165, 1.54) is 29.2 Å². The van der Waals surface area contributed by atoms with E-state index >= 15 is 0 Å². The van der Waals surface area contributed by atoms with Crippen LogP contribution in [0.15, 0.2) is 39.1 Å². The number of hydrogen-bond acceptors (Lipinski definition) is 5. The first-order valence-electron chi connectivity index (χ1n) is 10.3. The number of nitrogens with zero attached hydrogens (tertiary/aromatic N) is 2. The van der Waals surface area contributed by atoms with Crippen molar-refractivity contribution in [2.45, 2.75) is 57.6 Å². The Hall–Kier alpha value is -1.23. The summed E-state index contributed by atoms with van der Waals surface area (Å²) >= 11 is 4.44. The monoisotopic (exact) mass is 548 g/mol. The molecule has 0 bridgehead atoms. The van der Waals surface area contributed by atoms with Crippen LogP contribution in [-0.4, -0.2) is 49.8 Å². The predicted molar refractivity (Wildman–Crippen MR) is 133 cm³/mol. The maximum atomic E-state index is 14.6. The lowest BCUT2D eigenvalue weighted by atomic mass is 9.91. The summed E-state index contributed by atoms with van der Waals surface area (Å²) in [5.41, 5.74) is -2.25. The van der Waals surface area contributed by atoms with Gasteiger partial charge in [-0.3, -0.25) is 0 Å². The zero-order valence-corrected chi connectivity index (χ0v) is 22.8. The van der Waals surface area contributed by atoms with E-state index in [0.29, 0.717) is 11.1 Å². The van der Waals surface area contributed by atoms with Gasteiger partial charge in [0.25, 0.3) is 0 Å². The van der Waals surface area contributed by atoms with E-state index in [2.05, 4.69) is 40.6 Å². The topological polar surface area (TPSA) is 51.1 Å². The Morgan fingerprint density at radius 2 is 2.00 bits per heavy atom. The molecule has 1 aromatic rings. The van der Waals surface area contributed by atoms with Gasteiger partial charge in [0, 0.05) is 24.7 Å². The second-order valence-electron chi connectivity index (χ2n) is 9.75. The SMILES string of the molecule is CC(C)(C)OC(=O)N(COCC[Si](C)(C)C)C1=NC(CF)(c2cc(Br)ccc2F)C=CS1. The molecule has 1 amide bonds. The molecule has 2 rings (SSSR count). The Morgan fingerprint density at radius 3 is 2.59 bits per heavy atom. The summed E-state index contributed by atoms with van der Waals surface area (Å²) < 4.78 is 40.9. The minimum atomic E-state index is -1.59.